The van der Waals surface area contributed by atoms with Gasteiger partial charge in [0, 0.05) is 0 Å². The first-order valence-corrected chi connectivity index (χ1v) is 10.2. The van der Waals surface area contributed by atoms with Crippen molar-refractivity contribution in [1.29, 1.82) is 0 Å². The van der Waals surface area contributed by atoms with Crippen molar-refractivity contribution in [2.24, 2.45) is 5.92 Å². The predicted molar refractivity (Wildman–Crippen MR) is 113 cm³/mol. The minimum atomic E-state index is -5.08. The molecule has 1 aromatic rings. The maximum atomic E-state index is 12.5. The Morgan fingerprint density at radius 2 is 1.31 bits per heavy atom. The maximum absolute atomic E-state index is 12.5. The number of halogens is 3. The van der Waals surface area contributed by atoms with Gasteiger partial charge in [0.05, 0.1) is 13.7 Å². The molecule has 0 aliphatic carbocycles. The third-order valence-corrected chi connectivity index (χ3v) is 2.77. The number of ketones is 1. The largest absolute Gasteiger partial charge is 0.497 e. The van der Waals surface area contributed by atoms with Gasteiger partial charge in [-0.15, -0.1) is 0 Å². The molecule has 0 saturated carbocycles. The van der Waals surface area contributed by atoms with E-state index in [-0.39, 0.29) is 13.0 Å². The molecule has 29 heavy (non-hydrogen) atoms. The molecule has 0 spiro atoms. The Kier molecular flexibility index (Phi) is 26.4. The van der Waals surface area contributed by atoms with E-state index >= 15 is 0 Å². The van der Waals surface area contributed by atoms with Crippen molar-refractivity contribution in [1.82, 2.24) is 0 Å². The second kappa shape index (κ2) is 22.2. The first kappa shape index (κ1) is 34.5. The van der Waals surface area contributed by atoms with Gasteiger partial charge in [0.1, 0.15) is 11.7 Å². The Labute approximate surface area is 174 Å². The molecule has 0 bridgehead atoms. The quantitative estimate of drug-likeness (QED) is 0.379. The van der Waals surface area contributed by atoms with Gasteiger partial charge in [0.25, 0.3) is 5.78 Å². The lowest BCUT2D eigenvalue weighted by Gasteiger charge is -2.16. The molecule has 0 fully saturated rings. The van der Waals surface area contributed by atoms with Crippen LogP contribution in [0.2, 0.25) is 0 Å². The SMILES string of the molecule is CC.CC.CC.CC.CCOC(=O)C(Cc1ccc(OC)cc1)C(=O)C(F)(F)F. The summed E-state index contributed by atoms with van der Waals surface area (Å²) < 4.78 is 47.1. The van der Waals surface area contributed by atoms with Crippen LogP contribution in [0.4, 0.5) is 13.2 Å². The first-order valence-electron chi connectivity index (χ1n) is 10.2. The molecule has 4 nitrogen and oxygen atoms in total. The van der Waals surface area contributed by atoms with E-state index in [1.807, 2.05) is 55.4 Å². The van der Waals surface area contributed by atoms with Gasteiger partial charge in [-0.2, -0.15) is 13.2 Å². The summed E-state index contributed by atoms with van der Waals surface area (Å²) in [6.07, 6.45) is -5.45. The average Bonchev–Trinajstić information content (AvgIpc) is 2.77. The minimum Gasteiger partial charge on any atom is -0.497 e. The molecule has 0 aliphatic heterocycles. The van der Waals surface area contributed by atoms with Crippen molar-refractivity contribution in [2.75, 3.05) is 13.7 Å². The van der Waals surface area contributed by atoms with E-state index in [0.717, 1.165) is 0 Å². The van der Waals surface area contributed by atoms with Crippen LogP contribution in [0.3, 0.4) is 0 Å². The number of Topliss-reactive ketones (excluding diaryl/α,β-unsaturated/α-hetero) is 1. The zero-order chi connectivity index (χ0) is 24.0. The van der Waals surface area contributed by atoms with E-state index < -0.39 is 23.8 Å². The number of hydrogen-bond acceptors (Lipinski definition) is 4. The third-order valence-electron chi connectivity index (χ3n) is 2.77. The van der Waals surface area contributed by atoms with Crippen molar-refractivity contribution in [3.63, 3.8) is 0 Å². The topological polar surface area (TPSA) is 52.6 Å². The van der Waals surface area contributed by atoms with Crippen molar-refractivity contribution in [3.05, 3.63) is 29.8 Å². The number of carbonyl (C=O) groups excluding carboxylic acids is 2. The Morgan fingerprint density at radius 3 is 1.62 bits per heavy atom. The smallest absolute Gasteiger partial charge is 0.450 e. The van der Waals surface area contributed by atoms with Gasteiger partial charge < -0.3 is 9.47 Å². The molecule has 1 atom stereocenters. The van der Waals surface area contributed by atoms with Crippen LogP contribution in [0.1, 0.15) is 67.9 Å². The highest BCUT2D eigenvalue weighted by Crippen LogP contribution is 2.25. The van der Waals surface area contributed by atoms with Crippen LogP contribution in [0.25, 0.3) is 0 Å². The van der Waals surface area contributed by atoms with Gasteiger partial charge in [-0.25, -0.2) is 0 Å². The lowest BCUT2D eigenvalue weighted by Crippen LogP contribution is -2.37. The number of alkyl halides is 3. The first-order chi connectivity index (χ1) is 13.8. The Morgan fingerprint density at radius 1 is 0.897 bits per heavy atom. The molecule has 0 aromatic heterocycles. The van der Waals surface area contributed by atoms with E-state index in [2.05, 4.69) is 4.74 Å². The molecule has 0 heterocycles. The second-order valence-electron chi connectivity index (χ2n) is 4.22. The Balaban J connectivity index is -0.000000347. The summed E-state index contributed by atoms with van der Waals surface area (Å²) in [5.41, 5.74) is 0.409. The van der Waals surface area contributed by atoms with E-state index in [0.29, 0.717) is 11.3 Å². The lowest BCUT2D eigenvalue weighted by atomic mass is 9.95. The number of methoxy groups -OCH3 is 1. The zero-order valence-electron chi connectivity index (χ0n) is 19.6. The predicted octanol–water partition coefficient (Wildman–Crippen LogP) is 6.65. The fourth-order valence-electron chi connectivity index (χ4n) is 1.72. The molecular formula is C22H39F3O4. The van der Waals surface area contributed by atoms with Crippen LogP contribution in [0, 0.1) is 5.92 Å². The van der Waals surface area contributed by atoms with Crippen molar-refractivity contribution in [2.45, 2.75) is 74.9 Å². The summed E-state index contributed by atoms with van der Waals surface area (Å²) in [5, 5.41) is 0. The summed E-state index contributed by atoms with van der Waals surface area (Å²) in [6.45, 7) is 17.4. The summed E-state index contributed by atoms with van der Waals surface area (Å²) >= 11 is 0. The number of ether oxygens (including phenoxy) is 2. The molecule has 172 valence electrons. The second-order valence-corrected chi connectivity index (χ2v) is 4.22. The molecule has 1 unspecified atom stereocenters. The summed E-state index contributed by atoms with van der Waals surface area (Å²) in [5.74, 6) is -4.64. The highest BCUT2D eigenvalue weighted by atomic mass is 19.4. The van der Waals surface area contributed by atoms with Gasteiger partial charge in [0.15, 0.2) is 0 Å². The minimum absolute atomic E-state index is 0.0942. The maximum Gasteiger partial charge on any atom is 0.450 e. The Bertz CT molecular complexity index is 498. The summed E-state index contributed by atoms with van der Waals surface area (Å²) in [6, 6.07) is 6.06. The van der Waals surface area contributed by atoms with Crippen LogP contribution < -0.4 is 4.74 Å². The van der Waals surface area contributed by atoms with Crippen molar-refractivity contribution in [3.8, 4) is 5.75 Å². The van der Waals surface area contributed by atoms with E-state index in [4.69, 9.17) is 4.74 Å². The monoisotopic (exact) mass is 424 g/mol. The highest BCUT2D eigenvalue weighted by molar-refractivity contribution is 6.02. The molecule has 1 aromatic carbocycles. The molecule has 1 rings (SSSR count). The molecular weight excluding hydrogens is 385 g/mol. The van der Waals surface area contributed by atoms with Gasteiger partial charge >= 0.3 is 12.1 Å². The highest BCUT2D eigenvalue weighted by Gasteiger charge is 2.46. The van der Waals surface area contributed by atoms with Crippen LogP contribution in [-0.4, -0.2) is 31.6 Å². The van der Waals surface area contributed by atoms with E-state index in [9.17, 15) is 22.8 Å². The molecule has 7 heteroatoms. The van der Waals surface area contributed by atoms with E-state index in [1.165, 1.54) is 38.3 Å². The number of carbonyl (C=O) groups is 2. The summed E-state index contributed by atoms with van der Waals surface area (Å²) in [4.78, 5) is 22.9. The van der Waals surface area contributed by atoms with Crippen LogP contribution in [0.5, 0.6) is 5.75 Å². The fourth-order valence-corrected chi connectivity index (χ4v) is 1.72. The van der Waals surface area contributed by atoms with Gasteiger partial charge in [-0.1, -0.05) is 67.5 Å². The van der Waals surface area contributed by atoms with Crippen LogP contribution in [-0.2, 0) is 20.7 Å². The molecule has 0 saturated heterocycles. The van der Waals surface area contributed by atoms with Crippen molar-refractivity contribution < 1.29 is 32.2 Å². The van der Waals surface area contributed by atoms with Crippen LogP contribution >= 0.6 is 0 Å². The number of hydrogen-bond donors (Lipinski definition) is 0. The number of esters is 1. The normalized spacial score (nSPS) is 9.97. The standard InChI is InChI=1S/C14H15F3O4.4C2H6/c1-3-21-13(19)11(12(18)14(15,16)17)8-9-4-6-10(20-2)7-5-9;4*1-2/h4-7,11H,3,8H2,1-2H3;4*1-2H3. The molecule has 0 radical (unpaired) electrons. The van der Waals surface area contributed by atoms with Crippen LogP contribution in [0.15, 0.2) is 24.3 Å². The van der Waals surface area contributed by atoms with E-state index in [1.54, 1.807) is 0 Å². The third kappa shape index (κ3) is 15.5. The fraction of sp³-hybridized carbons (Fsp3) is 0.636. The zero-order valence-corrected chi connectivity index (χ0v) is 19.6. The van der Waals surface area contributed by atoms with Gasteiger partial charge in [-0.3, -0.25) is 9.59 Å². The average molecular weight is 425 g/mol. The summed E-state index contributed by atoms with van der Waals surface area (Å²) in [7, 11) is 1.45. The lowest BCUT2D eigenvalue weighted by molar-refractivity contribution is -0.180. The Hall–Kier alpha value is -2.05. The van der Waals surface area contributed by atoms with Gasteiger partial charge in [0.2, 0.25) is 0 Å². The van der Waals surface area contributed by atoms with Gasteiger partial charge in [-0.05, 0) is 31.0 Å². The van der Waals surface area contributed by atoms with Crippen molar-refractivity contribution >= 4 is 11.8 Å². The number of benzene rings is 1. The molecule has 0 amide bonds. The molecule has 0 N–H and O–H groups in total. The number of rotatable bonds is 6. The molecule has 0 aliphatic rings.